The molecule has 0 saturated carbocycles. The Balaban J connectivity index is 0.898. The molecule has 13 aromatic rings. The van der Waals surface area contributed by atoms with Crippen LogP contribution in [0, 0.1) is 0 Å². The van der Waals surface area contributed by atoms with E-state index in [2.05, 4.69) is 141 Å². The number of benzene rings is 9. The zero-order valence-corrected chi connectivity index (χ0v) is 36.8. The standard InChI is InChI=1S/C60H37N3O2S/c1-60(2)47-32-35(34-13-9-14-36(31-34)38-18-10-19-42-41-15-5-8-26-53(41)66-56(38)42)27-29-39(47)40-30-28-37(33-48(40)60)57-61-58(45-20-11-24-51-54(45)43-16-3-6-22-49(43)64-51)63-59(62-57)46-21-12-25-52-55(46)44-17-4-7-23-50(44)65-52/h3-33H,1-2H3. The molecule has 4 heterocycles. The molecule has 14 rings (SSSR count). The average molecular weight is 864 g/mol. The van der Waals surface area contributed by atoms with E-state index < -0.39 is 0 Å². The zero-order chi connectivity index (χ0) is 43.7. The summed E-state index contributed by atoms with van der Waals surface area (Å²) in [5.41, 5.74) is 15.6. The zero-order valence-electron chi connectivity index (χ0n) is 36.0. The normalized spacial score (nSPS) is 13.1. The molecule has 0 bridgehead atoms. The first-order chi connectivity index (χ1) is 32.4. The molecule has 1 aliphatic rings. The van der Waals surface area contributed by atoms with Crippen molar-refractivity contribution < 1.29 is 8.83 Å². The third-order valence-corrected chi connectivity index (χ3v) is 15.0. The van der Waals surface area contributed by atoms with Gasteiger partial charge in [0.1, 0.15) is 22.3 Å². The number of rotatable bonds is 5. The van der Waals surface area contributed by atoms with Gasteiger partial charge in [0, 0.05) is 63.8 Å². The fraction of sp³-hybridized carbons (Fsp3) is 0.0500. The van der Waals surface area contributed by atoms with Crippen molar-refractivity contribution in [2.45, 2.75) is 19.3 Å². The van der Waals surface area contributed by atoms with Crippen LogP contribution < -0.4 is 0 Å². The number of aromatic nitrogens is 3. The predicted octanol–water partition coefficient (Wildman–Crippen LogP) is 16.7. The topological polar surface area (TPSA) is 65.0 Å². The summed E-state index contributed by atoms with van der Waals surface area (Å²) in [4.78, 5) is 15.9. The maximum atomic E-state index is 6.35. The molecule has 310 valence electrons. The Hall–Kier alpha value is -8.19. The summed E-state index contributed by atoms with van der Waals surface area (Å²) in [6.45, 7) is 4.67. The van der Waals surface area contributed by atoms with Gasteiger partial charge >= 0.3 is 0 Å². The highest BCUT2D eigenvalue weighted by atomic mass is 32.1. The van der Waals surface area contributed by atoms with Crippen molar-refractivity contribution in [2.75, 3.05) is 0 Å². The van der Waals surface area contributed by atoms with E-state index in [9.17, 15) is 0 Å². The average Bonchev–Trinajstić information content (AvgIpc) is 4.12. The Kier molecular flexibility index (Phi) is 7.84. The summed E-state index contributed by atoms with van der Waals surface area (Å²) < 4.78 is 15.3. The van der Waals surface area contributed by atoms with Crippen LogP contribution in [-0.2, 0) is 5.41 Å². The molecule has 0 amide bonds. The lowest BCUT2D eigenvalue weighted by Gasteiger charge is -2.22. The van der Waals surface area contributed by atoms with Crippen LogP contribution >= 0.6 is 11.3 Å². The van der Waals surface area contributed by atoms with Crippen molar-refractivity contribution in [3.63, 3.8) is 0 Å². The number of hydrogen-bond donors (Lipinski definition) is 0. The third kappa shape index (κ3) is 5.49. The second-order valence-corrected chi connectivity index (χ2v) is 18.9. The van der Waals surface area contributed by atoms with Crippen molar-refractivity contribution in [1.82, 2.24) is 15.0 Å². The summed E-state index contributed by atoms with van der Waals surface area (Å²) in [6.07, 6.45) is 0. The van der Waals surface area contributed by atoms with E-state index in [0.717, 1.165) is 60.6 Å². The predicted molar refractivity (Wildman–Crippen MR) is 272 cm³/mol. The van der Waals surface area contributed by atoms with Crippen molar-refractivity contribution >= 4 is 75.4 Å². The number of para-hydroxylation sites is 2. The fourth-order valence-corrected chi connectivity index (χ4v) is 11.8. The second kappa shape index (κ2) is 13.9. The molecule has 9 aromatic carbocycles. The molecule has 1 aliphatic carbocycles. The van der Waals surface area contributed by atoms with Crippen LogP contribution in [0.15, 0.2) is 197 Å². The summed E-state index contributed by atoms with van der Waals surface area (Å²) in [5, 5.41) is 6.63. The third-order valence-electron chi connectivity index (χ3n) is 13.8. The first-order valence-electron chi connectivity index (χ1n) is 22.3. The molecule has 0 aliphatic heterocycles. The largest absolute Gasteiger partial charge is 0.456 e. The summed E-state index contributed by atoms with van der Waals surface area (Å²) in [5.74, 6) is 1.76. The lowest BCUT2D eigenvalue weighted by Crippen LogP contribution is -2.15. The van der Waals surface area contributed by atoms with E-state index in [0.29, 0.717) is 17.5 Å². The molecule has 6 heteroatoms. The van der Waals surface area contributed by atoms with Crippen LogP contribution in [0.1, 0.15) is 25.0 Å². The summed E-state index contributed by atoms with van der Waals surface area (Å²) >= 11 is 1.87. The van der Waals surface area contributed by atoms with E-state index in [-0.39, 0.29) is 5.41 Å². The Morgan fingerprint density at radius 2 is 0.848 bits per heavy atom. The molecule has 4 aromatic heterocycles. The minimum absolute atomic E-state index is 0.293. The van der Waals surface area contributed by atoms with Gasteiger partial charge in [-0.2, -0.15) is 0 Å². The van der Waals surface area contributed by atoms with Gasteiger partial charge in [-0.15, -0.1) is 11.3 Å². The Morgan fingerprint density at radius 1 is 0.364 bits per heavy atom. The smallest absolute Gasteiger partial charge is 0.164 e. The van der Waals surface area contributed by atoms with Gasteiger partial charge in [0.2, 0.25) is 0 Å². The number of furan rings is 2. The van der Waals surface area contributed by atoms with Gasteiger partial charge in [0.15, 0.2) is 17.5 Å². The Labute approximate surface area is 383 Å². The highest BCUT2D eigenvalue weighted by molar-refractivity contribution is 7.26. The minimum Gasteiger partial charge on any atom is -0.456 e. The molecule has 0 atom stereocenters. The highest BCUT2D eigenvalue weighted by Gasteiger charge is 2.36. The van der Waals surface area contributed by atoms with Crippen molar-refractivity contribution in [2.24, 2.45) is 0 Å². The quantitative estimate of drug-likeness (QED) is 0.172. The van der Waals surface area contributed by atoms with Gasteiger partial charge in [0.05, 0.1) is 0 Å². The maximum Gasteiger partial charge on any atom is 0.164 e. The lowest BCUT2D eigenvalue weighted by molar-refractivity contribution is 0.660. The van der Waals surface area contributed by atoms with E-state index in [1.807, 2.05) is 72.0 Å². The molecule has 0 saturated heterocycles. The van der Waals surface area contributed by atoms with E-state index in [4.69, 9.17) is 23.8 Å². The van der Waals surface area contributed by atoms with Crippen LogP contribution in [0.25, 0.3) is 132 Å². The van der Waals surface area contributed by atoms with Gasteiger partial charge in [0.25, 0.3) is 0 Å². The number of hydrogen-bond acceptors (Lipinski definition) is 6. The fourth-order valence-electron chi connectivity index (χ4n) is 10.6. The molecule has 0 N–H and O–H groups in total. The van der Waals surface area contributed by atoms with Crippen LogP contribution in [0.4, 0.5) is 0 Å². The van der Waals surface area contributed by atoms with Gasteiger partial charge in [-0.1, -0.05) is 153 Å². The van der Waals surface area contributed by atoms with E-state index >= 15 is 0 Å². The SMILES string of the molecule is CC1(C)c2cc(-c3cccc(-c4cccc5c4sc4ccccc45)c3)ccc2-c2ccc(-c3nc(-c4cccc5oc6ccccc6c45)nc(-c4cccc5oc6ccccc6c45)n3)cc21. The molecule has 0 unspecified atom stereocenters. The van der Waals surface area contributed by atoms with Crippen LogP contribution in [-0.4, -0.2) is 15.0 Å². The van der Waals surface area contributed by atoms with E-state index in [1.165, 1.54) is 64.7 Å². The molecule has 0 radical (unpaired) electrons. The molecular weight excluding hydrogens is 827 g/mol. The minimum atomic E-state index is -0.293. The molecular formula is C60H37N3O2S. The molecule has 0 spiro atoms. The van der Waals surface area contributed by atoms with Crippen LogP contribution in [0.3, 0.4) is 0 Å². The molecule has 0 fully saturated rings. The first kappa shape index (κ1) is 37.2. The van der Waals surface area contributed by atoms with Gasteiger partial charge in [-0.25, -0.2) is 15.0 Å². The van der Waals surface area contributed by atoms with Crippen LogP contribution in [0.2, 0.25) is 0 Å². The van der Waals surface area contributed by atoms with Gasteiger partial charge < -0.3 is 8.83 Å². The van der Waals surface area contributed by atoms with Crippen molar-refractivity contribution in [1.29, 1.82) is 0 Å². The Morgan fingerprint density at radius 3 is 1.53 bits per heavy atom. The van der Waals surface area contributed by atoms with Crippen molar-refractivity contribution in [3.05, 3.63) is 199 Å². The van der Waals surface area contributed by atoms with E-state index in [1.54, 1.807) is 0 Å². The molecule has 5 nitrogen and oxygen atoms in total. The van der Waals surface area contributed by atoms with Gasteiger partial charge in [-0.05, 0) is 93.0 Å². The number of thiophene rings is 1. The monoisotopic (exact) mass is 863 g/mol. The molecule has 66 heavy (non-hydrogen) atoms. The van der Waals surface area contributed by atoms with Crippen molar-refractivity contribution in [3.8, 4) is 67.5 Å². The Bertz CT molecular complexity index is 4040. The summed E-state index contributed by atoms with van der Waals surface area (Å²) in [6, 6.07) is 66.6. The summed E-state index contributed by atoms with van der Waals surface area (Å²) in [7, 11) is 0. The van der Waals surface area contributed by atoms with Gasteiger partial charge in [-0.3, -0.25) is 0 Å². The second-order valence-electron chi connectivity index (χ2n) is 17.9. The number of fused-ring (bicyclic) bond motifs is 12. The van der Waals surface area contributed by atoms with Crippen LogP contribution in [0.5, 0.6) is 0 Å². The lowest BCUT2D eigenvalue weighted by atomic mass is 9.81. The highest BCUT2D eigenvalue weighted by Crippen LogP contribution is 2.51. The number of nitrogens with zero attached hydrogens (tertiary/aromatic N) is 3. The first-order valence-corrected chi connectivity index (χ1v) is 23.1. The maximum absolute atomic E-state index is 6.35.